The van der Waals surface area contributed by atoms with Gasteiger partial charge in [0.25, 0.3) is 0 Å². The topological polar surface area (TPSA) is 52.0 Å². The third-order valence-corrected chi connectivity index (χ3v) is 7.42. The maximum Gasteiger partial charge on any atom is 0.207 e. The van der Waals surface area contributed by atoms with Crippen LogP contribution in [0.2, 0.25) is 0 Å². The molecule has 0 bridgehead atoms. The predicted molar refractivity (Wildman–Crippen MR) is 150 cm³/mol. The number of hydrogen-bond acceptors (Lipinski definition) is 4. The van der Waals surface area contributed by atoms with E-state index < -0.39 is 0 Å². The number of guanidine groups is 1. The van der Waals surface area contributed by atoms with E-state index in [4.69, 9.17) is 16.4 Å². The lowest BCUT2D eigenvalue weighted by molar-refractivity contribution is 0.338. The Morgan fingerprint density at radius 2 is 1.97 bits per heavy atom. The average molecular weight is 480 g/mol. The first-order chi connectivity index (χ1) is 16.6. The molecule has 0 amide bonds. The number of aliphatic imine (C=N–C) groups is 2. The van der Waals surface area contributed by atoms with Crippen LogP contribution in [-0.4, -0.2) is 47.3 Å². The first kappa shape index (κ1) is 26.2. The van der Waals surface area contributed by atoms with Gasteiger partial charge in [0.05, 0.1) is 0 Å². The number of aryl methyl sites for hydroxylation is 1. The number of thioether (sulfide) groups is 1. The number of hydrogen-bond donors (Lipinski definition) is 2. The molecule has 2 fully saturated rings. The van der Waals surface area contributed by atoms with Crippen molar-refractivity contribution in [2.24, 2.45) is 15.9 Å². The van der Waals surface area contributed by atoms with E-state index in [0.29, 0.717) is 11.9 Å². The van der Waals surface area contributed by atoms with E-state index in [-0.39, 0.29) is 6.04 Å². The van der Waals surface area contributed by atoms with Gasteiger partial charge in [0, 0.05) is 30.3 Å². The third kappa shape index (κ3) is 8.13. The highest BCUT2D eigenvalue weighted by Crippen LogP contribution is 2.28. The molecule has 34 heavy (non-hydrogen) atoms. The Bertz CT molecular complexity index is 902. The van der Waals surface area contributed by atoms with Crippen LogP contribution < -0.4 is 10.6 Å². The maximum atomic E-state index is 5.91. The van der Waals surface area contributed by atoms with Crippen LogP contribution in [-0.2, 0) is 0 Å². The lowest BCUT2D eigenvalue weighted by atomic mass is 9.84. The zero-order valence-electron chi connectivity index (χ0n) is 21.1. The molecule has 0 unspecified atom stereocenters. The second-order valence-electron chi connectivity index (χ2n) is 9.20. The van der Waals surface area contributed by atoms with Gasteiger partial charge in [-0.1, -0.05) is 56.7 Å². The molecule has 1 heterocycles. The smallest absolute Gasteiger partial charge is 0.207 e. The fourth-order valence-electron chi connectivity index (χ4n) is 4.49. The third-order valence-electron chi connectivity index (χ3n) is 6.47. The zero-order chi connectivity index (χ0) is 24.2. The normalized spacial score (nSPS) is 19.5. The number of unbranched alkanes of at least 4 members (excludes halogenated alkanes) is 1. The van der Waals surface area contributed by atoms with Gasteiger partial charge in [-0.3, -0.25) is 4.99 Å². The van der Waals surface area contributed by atoms with Crippen LogP contribution in [0.1, 0.15) is 64.4 Å². The summed E-state index contributed by atoms with van der Waals surface area (Å²) in [4.78, 5) is 12.4. The molecule has 2 N–H and O–H groups in total. The van der Waals surface area contributed by atoms with Crippen molar-refractivity contribution in [1.82, 2.24) is 10.2 Å². The molecule has 0 aromatic heterocycles. The van der Waals surface area contributed by atoms with Gasteiger partial charge in [-0.05, 0) is 56.7 Å². The van der Waals surface area contributed by atoms with E-state index >= 15 is 0 Å². The summed E-state index contributed by atoms with van der Waals surface area (Å²) in [5, 5.41) is 6.99. The van der Waals surface area contributed by atoms with Crippen molar-refractivity contribution in [3.8, 4) is 12.3 Å². The van der Waals surface area contributed by atoms with Crippen LogP contribution in [0.5, 0.6) is 0 Å². The van der Waals surface area contributed by atoms with Gasteiger partial charge >= 0.3 is 0 Å². The molecule has 1 saturated carbocycles. The van der Waals surface area contributed by atoms with E-state index in [2.05, 4.69) is 59.6 Å². The number of anilines is 1. The Hall–Kier alpha value is -2.39. The Kier molecular flexibility index (Phi) is 10.9. The van der Waals surface area contributed by atoms with Crippen molar-refractivity contribution in [1.29, 1.82) is 0 Å². The lowest BCUT2D eigenvalue weighted by Crippen LogP contribution is -2.38. The van der Waals surface area contributed by atoms with Crippen molar-refractivity contribution in [2.45, 2.75) is 71.8 Å². The highest BCUT2D eigenvalue weighted by Gasteiger charge is 2.22. The fraction of sp³-hybridized carbons (Fsp3) is 0.571. The van der Waals surface area contributed by atoms with E-state index in [1.165, 1.54) is 37.7 Å². The summed E-state index contributed by atoms with van der Waals surface area (Å²) < 4.78 is 0. The largest absolute Gasteiger partial charge is 0.355 e. The summed E-state index contributed by atoms with van der Waals surface area (Å²) in [5.41, 5.74) is 2.20. The molecule has 1 atom stereocenters. The van der Waals surface area contributed by atoms with Crippen LogP contribution in [0.25, 0.3) is 0 Å². The van der Waals surface area contributed by atoms with Gasteiger partial charge < -0.3 is 15.5 Å². The summed E-state index contributed by atoms with van der Waals surface area (Å²) in [6.07, 6.45) is 16.4. The molecule has 184 valence electrons. The highest BCUT2D eigenvalue weighted by atomic mass is 32.2. The summed E-state index contributed by atoms with van der Waals surface area (Å²) in [5.74, 6) is 8.22. The van der Waals surface area contributed by atoms with Gasteiger partial charge in [0.2, 0.25) is 5.96 Å². The minimum absolute atomic E-state index is 0.0817. The highest BCUT2D eigenvalue weighted by molar-refractivity contribution is 7.99. The molecule has 6 heteroatoms. The average Bonchev–Trinajstić information content (AvgIpc) is 2.87. The second-order valence-corrected chi connectivity index (χ2v) is 10.4. The number of amidine groups is 1. The summed E-state index contributed by atoms with van der Waals surface area (Å²) >= 11 is 2.01. The molecule has 1 saturated heterocycles. The van der Waals surface area contributed by atoms with Gasteiger partial charge in [-0.15, -0.1) is 6.42 Å². The number of rotatable bonds is 7. The van der Waals surface area contributed by atoms with E-state index in [1.807, 2.05) is 24.8 Å². The second kappa shape index (κ2) is 14.1. The van der Waals surface area contributed by atoms with Crippen LogP contribution in [0.3, 0.4) is 0 Å². The lowest BCUT2D eigenvalue weighted by Gasteiger charge is -2.29. The van der Waals surface area contributed by atoms with Crippen LogP contribution in [0, 0.1) is 25.2 Å². The number of allylic oxidation sites excluding steroid dienone is 1. The van der Waals surface area contributed by atoms with Crippen LogP contribution in [0.4, 0.5) is 5.69 Å². The Morgan fingerprint density at radius 1 is 1.24 bits per heavy atom. The number of nitrogens with zero attached hydrogens (tertiary/aromatic N) is 3. The molecular weight excluding hydrogens is 438 g/mol. The summed E-state index contributed by atoms with van der Waals surface area (Å²) in [7, 11) is 0. The van der Waals surface area contributed by atoms with E-state index in [1.54, 1.807) is 0 Å². The predicted octanol–water partition coefficient (Wildman–Crippen LogP) is 6.04. The van der Waals surface area contributed by atoms with Gasteiger partial charge in [0.1, 0.15) is 17.7 Å². The molecule has 1 aliphatic carbocycles. The summed E-state index contributed by atoms with van der Waals surface area (Å²) in [6, 6.07) is 8.20. The quantitative estimate of drug-likeness (QED) is 0.284. The maximum absolute atomic E-state index is 5.91. The van der Waals surface area contributed by atoms with Crippen molar-refractivity contribution < 1.29 is 0 Å². The molecule has 0 radical (unpaired) electrons. The van der Waals surface area contributed by atoms with Crippen molar-refractivity contribution in [2.75, 3.05) is 29.9 Å². The number of para-hydroxylation sites is 1. The zero-order valence-corrected chi connectivity index (χ0v) is 22.0. The molecule has 3 rings (SSSR count). The molecular formula is C28H41N5S. The minimum Gasteiger partial charge on any atom is -0.355 e. The summed E-state index contributed by atoms with van der Waals surface area (Å²) in [6.45, 7) is 8.35. The van der Waals surface area contributed by atoms with Crippen molar-refractivity contribution in [3.05, 3.63) is 41.7 Å². The SMILES string of the molecule is C#C[C@H](N=C(C)N/C(=N\C(=C\CCC)N1CCSCC1)Nc1ccccc1C)C1CCCCC1. The van der Waals surface area contributed by atoms with Crippen LogP contribution >= 0.6 is 11.8 Å². The standard InChI is InChI=1S/C28H41N5S/c1-5-7-17-27(33-18-20-34-21-19-33)32-28(31-26-16-12-11-13-22(26)3)30-23(4)29-25(6-2)24-14-9-8-10-15-24/h2,11-13,16-17,24-25H,5,7-10,14-15,18-21H2,1,3-4H3,(H2,29,30,31,32)/b27-17-/t25-/m0/s1. The van der Waals surface area contributed by atoms with Gasteiger partial charge in [-0.25, -0.2) is 0 Å². The molecule has 2 aliphatic rings. The van der Waals surface area contributed by atoms with E-state index in [9.17, 15) is 0 Å². The Morgan fingerprint density at radius 3 is 2.65 bits per heavy atom. The molecule has 1 aliphatic heterocycles. The first-order valence-electron chi connectivity index (χ1n) is 12.8. The van der Waals surface area contributed by atoms with Crippen molar-refractivity contribution >= 4 is 29.2 Å². The van der Waals surface area contributed by atoms with Crippen molar-refractivity contribution in [3.63, 3.8) is 0 Å². The number of benzene rings is 1. The Labute approximate surface area is 211 Å². The van der Waals surface area contributed by atoms with Gasteiger partial charge in [-0.2, -0.15) is 16.8 Å². The first-order valence-corrected chi connectivity index (χ1v) is 14.0. The molecule has 5 nitrogen and oxygen atoms in total. The number of terminal acetylenes is 1. The van der Waals surface area contributed by atoms with E-state index in [0.717, 1.165) is 54.8 Å². The monoisotopic (exact) mass is 479 g/mol. The molecule has 1 aromatic rings. The van der Waals surface area contributed by atoms with Gasteiger partial charge in [0.15, 0.2) is 0 Å². The molecule has 0 spiro atoms. The molecule has 1 aromatic carbocycles. The number of nitrogens with one attached hydrogen (secondary N) is 2. The minimum atomic E-state index is -0.0817. The Balaban J connectivity index is 1.87. The fourth-order valence-corrected chi connectivity index (χ4v) is 5.40. The van der Waals surface area contributed by atoms with Crippen LogP contribution in [0.15, 0.2) is 46.1 Å².